The van der Waals surface area contributed by atoms with E-state index < -0.39 is 0 Å². The highest BCUT2D eigenvalue weighted by Gasteiger charge is 2.08. The smallest absolute Gasteiger partial charge is 0.311 e. The molecule has 0 bridgehead atoms. The fourth-order valence-corrected chi connectivity index (χ4v) is 3.75. The van der Waals surface area contributed by atoms with Gasteiger partial charge in [-0.15, -0.1) is 11.3 Å². The average Bonchev–Trinajstić information content (AvgIpc) is 3.16. The third-order valence-corrected chi connectivity index (χ3v) is 5.64. The quantitative estimate of drug-likeness (QED) is 0.206. The second-order valence-electron chi connectivity index (χ2n) is 6.09. The SMILES string of the molecule is CCOC(=O)Cc1csc(NN=Cc2cc(Br)ccc2OCc2ccc(Br)cc2)n1. The van der Waals surface area contributed by atoms with Crippen LogP contribution >= 0.6 is 43.2 Å². The number of benzene rings is 2. The minimum absolute atomic E-state index is 0.148. The number of carbonyl (C=O) groups is 1. The van der Waals surface area contributed by atoms with Crippen LogP contribution in [0.25, 0.3) is 0 Å². The lowest BCUT2D eigenvalue weighted by molar-refractivity contribution is -0.142. The number of halogens is 2. The molecule has 0 aliphatic heterocycles. The second-order valence-corrected chi connectivity index (χ2v) is 8.78. The van der Waals surface area contributed by atoms with Gasteiger partial charge in [-0.2, -0.15) is 5.10 Å². The summed E-state index contributed by atoms with van der Waals surface area (Å²) in [6, 6.07) is 13.7. The van der Waals surface area contributed by atoms with E-state index in [-0.39, 0.29) is 12.4 Å². The number of aromatic nitrogens is 1. The monoisotopic (exact) mass is 551 g/mol. The van der Waals surface area contributed by atoms with Crippen LogP contribution in [0.3, 0.4) is 0 Å². The zero-order valence-corrected chi connectivity index (χ0v) is 20.1. The van der Waals surface area contributed by atoms with Crippen LogP contribution in [-0.2, 0) is 22.6 Å². The van der Waals surface area contributed by atoms with E-state index >= 15 is 0 Å². The lowest BCUT2D eigenvalue weighted by atomic mass is 10.2. The maximum absolute atomic E-state index is 11.5. The zero-order chi connectivity index (χ0) is 21.3. The van der Waals surface area contributed by atoms with Gasteiger partial charge in [0.25, 0.3) is 0 Å². The van der Waals surface area contributed by atoms with Gasteiger partial charge >= 0.3 is 5.97 Å². The standard InChI is InChI=1S/C21H19Br2N3O3S/c1-2-28-20(27)10-18-13-30-21(25-18)26-24-11-15-9-17(23)7-8-19(15)29-12-14-3-5-16(22)6-4-14/h3-9,11,13H,2,10,12H2,1H3,(H,25,26). The molecular weight excluding hydrogens is 534 g/mol. The van der Waals surface area contributed by atoms with E-state index in [1.165, 1.54) is 11.3 Å². The summed E-state index contributed by atoms with van der Waals surface area (Å²) in [7, 11) is 0. The molecule has 0 spiro atoms. The highest BCUT2D eigenvalue weighted by Crippen LogP contribution is 2.23. The molecule has 3 aromatic rings. The van der Waals surface area contributed by atoms with Crippen LogP contribution in [-0.4, -0.2) is 23.8 Å². The summed E-state index contributed by atoms with van der Waals surface area (Å²) in [5.41, 5.74) is 5.43. The molecule has 1 aromatic heterocycles. The molecule has 2 aromatic carbocycles. The van der Waals surface area contributed by atoms with E-state index in [2.05, 4.69) is 47.4 Å². The van der Waals surface area contributed by atoms with Crippen molar-refractivity contribution in [2.24, 2.45) is 5.10 Å². The molecular formula is C21H19Br2N3O3S. The van der Waals surface area contributed by atoms with Crippen molar-refractivity contribution in [3.8, 4) is 5.75 Å². The number of carbonyl (C=O) groups excluding carboxylic acids is 1. The van der Waals surface area contributed by atoms with Gasteiger partial charge in [-0.05, 0) is 42.8 Å². The molecule has 0 radical (unpaired) electrons. The van der Waals surface area contributed by atoms with Crippen LogP contribution < -0.4 is 10.2 Å². The number of ether oxygens (including phenoxy) is 2. The van der Waals surface area contributed by atoms with Crippen LogP contribution in [0, 0.1) is 0 Å². The first-order chi connectivity index (χ1) is 14.5. The molecule has 0 unspecified atom stereocenters. The average molecular weight is 553 g/mol. The Balaban J connectivity index is 1.62. The van der Waals surface area contributed by atoms with Gasteiger partial charge in [-0.3, -0.25) is 10.2 Å². The topological polar surface area (TPSA) is 72.8 Å². The maximum Gasteiger partial charge on any atom is 0.311 e. The van der Waals surface area contributed by atoms with Crippen LogP contribution in [0.15, 0.2) is 61.9 Å². The largest absolute Gasteiger partial charge is 0.488 e. The van der Waals surface area contributed by atoms with Gasteiger partial charge in [0.15, 0.2) is 0 Å². The van der Waals surface area contributed by atoms with E-state index in [1.54, 1.807) is 18.5 Å². The lowest BCUT2D eigenvalue weighted by Gasteiger charge is -2.10. The molecule has 0 amide bonds. The predicted octanol–water partition coefficient (Wildman–Crippen LogP) is 5.80. The number of rotatable bonds is 9. The van der Waals surface area contributed by atoms with Gasteiger partial charge in [-0.25, -0.2) is 4.98 Å². The molecule has 9 heteroatoms. The number of nitrogens with zero attached hydrogens (tertiary/aromatic N) is 2. The molecule has 0 atom stereocenters. The number of thiazole rings is 1. The summed E-state index contributed by atoms with van der Waals surface area (Å²) in [5.74, 6) is 0.424. The summed E-state index contributed by atoms with van der Waals surface area (Å²) in [4.78, 5) is 15.9. The molecule has 156 valence electrons. The normalized spacial score (nSPS) is 10.9. The van der Waals surface area contributed by atoms with E-state index in [1.807, 2.05) is 42.5 Å². The number of hydrogen-bond acceptors (Lipinski definition) is 7. The molecule has 6 nitrogen and oxygen atoms in total. The molecule has 0 saturated heterocycles. The number of anilines is 1. The fraction of sp³-hybridized carbons (Fsp3) is 0.190. The third-order valence-electron chi connectivity index (χ3n) is 3.83. The van der Waals surface area contributed by atoms with Gasteiger partial charge in [0.2, 0.25) is 5.13 Å². The second kappa shape index (κ2) is 11.2. The Bertz CT molecular complexity index is 1020. The van der Waals surface area contributed by atoms with Gasteiger partial charge in [0, 0.05) is 19.9 Å². The zero-order valence-electron chi connectivity index (χ0n) is 16.1. The minimum Gasteiger partial charge on any atom is -0.488 e. The van der Waals surface area contributed by atoms with Gasteiger partial charge in [0.05, 0.1) is 24.9 Å². The fourth-order valence-electron chi connectivity index (χ4n) is 2.45. The van der Waals surface area contributed by atoms with Gasteiger partial charge in [0.1, 0.15) is 12.4 Å². The molecule has 30 heavy (non-hydrogen) atoms. The molecule has 1 heterocycles. The summed E-state index contributed by atoms with van der Waals surface area (Å²) < 4.78 is 12.9. The Morgan fingerprint density at radius 2 is 1.97 bits per heavy atom. The summed E-state index contributed by atoms with van der Waals surface area (Å²) in [6.07, 6.45) is 1.82. The number of hydrogen-bond donors (Lipinski definition) is 1. The molecule has 0 fully saturated rings. The van der Waals surface area contributed by atoms with E-state index in [0.717, 1.165) is 20.1 Å². The number of hydrazone groups is 1. The molecule has 0 saturated carbocycles. The van der Waals surface area contributed by atoms with Crippen LogP contribution in [0.2, 0.25) is 0 Å². The van der Waals surface area contributed by atoms with Crippen molar-refractivity contribution in [2.45, 2.75) is 20.0 Å². The first-order valence-corrected chi connectivity index (χ1v) is 11.6. The van der Waals surface area contributed by atoms with E-state index in [0.29, 0.717) is 29.8 Å². The number of esters is 1. The Morgan fingerprint density at radius 1 is 1.20 bits per heavy atom. The van der Waals surface area contributed by atoms with Crippen molar-refractivity contribution in [3.05, 3.63) is 73.6 Å². The van der Waals surface area contributed by atoms with Crippen LogP contribution in [0.1, 0.15) is 23.7 Å². The Hall–Kier alpha value is -2.23. The van der Waals surface area contributed by atoms with Crippen LogP contribution in [0.5, 0.6) is 5.75 Å². The van der Waals surface area contributed by atoms with Gasteiger partial charge < -0.3 is 9.47 Å². The predicted molar refractivity (Wildman–Crippen MR) is 126 cm³/mol. The first kappa shape index (κ1) is 22.5. The van der Waals surface area contributed by atoms with Crippen LogP contribution in [0.4, 0.5) is 5.13 Å². The van der Waals surface area contributed by atoms with Crippen molar-refractivity contribution in [1.29, 1.82) is 0 Å². The van der Waals surface area contributed by atoms with Crippen molar-refractivity contribution in [1.82, 2.24) is 4.98 Å². The first-order valence-electron chi connectivity index (χ1n) is 9.09. The summed E-state index contributed by atoms with van der Waals surface area (Å²) in [5, 5.41) is 6.66. The summed E-state index contributed by atoms with van der Waals surface area (Å²) >= 11 is 8.28. The summed E-state index contributed by atoms with van der Waals surface area (Å²) in [6.45, 7) is 2.59. The van der Waals surface area contributed by atoms with Gasteiger partial charge in [-0.1, -0.05) is 44.0 Å². The van der Waals surface area contributed by atoms with Crippen molar-refractivity contribution in [2.75, 3.05) is 12.0 Å². The molecule has 0 aliphatic carbocycles. The Labute approximate surface area is 195 Å². The van der Waals surface area contributed by atoms with Crippen molar-refractivity contribution >= 4 is 60.5 Å². The molecule has 3 rings (SSSR count). The minimum atomic E-state index is -0.292. The maximum atomic E-state index is 11.5. The highest BCUT2D eigenvalue weighted by molar-refractivity contribution is 9.10. The third kappa shape index (κ3) is 6.93. The van der Waals surface area contributed by atoms with E-state index in [9.17, 15) is 4.79 Å². The lowest BCUT2D eigenvalue weighted by Crippen LogP contribution is -2.07. The molecule has 0 aliphatic rings. The number of nitrogens with one attached hydrogen (secondary N) is 1. The Kier molecular flexibility index (Phi) is 8.41. The van der Waals surface area contributed by atoms with E-state index in [4.69, 9.17) is 9.47 Å². The Morgan fingerprint density at radius 3 is 2.73 bits per heavy atom. The highest BCUT2D eigenvalue weighted by atomic mass is 79.9. The molecule has 1 N–H and O–H groups in total. The van der Waals surface area contributed by atoms with Crippen molar-refractivity contribution < 1.29 is 14.3 Å². The van der Waals surface area contributed by atoms with Crippen molar-refractivity contribution in [3.63, 3.8) is 0 Å².